The van der Waals surface area contributed by atoms with Crippen molar-refractivity contribution in [3.8, 4) is 33.6 Å². The highest BCUT2D eigenvalue weighted by Gasteiger charge is 2.25. The Balaban J connectivity index is 1.37. The molecule has 0 spiro atoms. The molecule has 0 aliphatic carbocycles. The van der Waals surface area contributed by atoms with Crippen molar-refractivity contribution in [1.29, 1.82) is 0 Å². The Morgan fingerprint density at radius 3 is 1.97 bits per heavy atom. The minimum Gasteiger partial charge on any atom is -0.335 e. The SMILES string of the molecule is CC1CNC(c2nc(-c3ccc(-c4ccc(-c5nc[nH]c5Cl)cc4)cc3)c(Cl)[nH]2)C1. The van der Waals surface area contributed by atoms with Gasteiger partial charge in [0.15, 0.2) is 0 Å². The number of hydrogen-bond acceptors (Lipinski definition) is 3. The third-order valence-electron chi connectivity index (χ3n) is 5.60. The van der Waals surface area contributed by atoms with Gasteiger partial charge in [0.05, 0.1) is 12.4 Å². The molecule has 1 saturated heterocycles. The normalized spacial score (nSPS) is 18.8. The molecule has 2 aromatic carbocycles. The minimum absolute atomic E-state index is 0.243. The van der Waals surface area contributed by atoms with Gasteiger partial charge in [-0.1, -0.05) is 78.7 Å². The number of nitrogens with one attached hydrogen (secondary N) is 3. The highest BCUT2D eigenvalue weighted by Crippen LogP contribution is 2.33. The predicted octanol–water partition coefficient (Wildman–Crippen LogP) is 6.11. The fourth-order valence-electron chi connectivity index (χ4n) is 3.97. The van der Waals surface area contributed by atoms with Crippen LogP contribution in [0.1, 0.15) is 25.2 Å². The van der Waals surface area contributed by atoms with Crippen LogP contribution in [0.4, 0.5) is 0 Å². The molecule has 3 heterocycles. The number of rotatable bonds is 4. The largest absolute Gasteiger partial charge is 0.335 e. The van der Waals surface area contributed by atoms with E-state index in [1.807, 2.05) is 12.1 Å². The van der Waals surface area contributed by atoms with Crippen LogP contribution in [0.25, 0.3) is 33.6 Å². The Labute approximate surface area is 184 Å². The fourth-order valence-corrected chi connectivity index (χ4v) is 4.42. The molecule has 5 rings (SSSR count). The van der Waals surface area contributed by atoms with E-state index in [9.17, 15) is 0 Å². The third-order valence-corrected chi connectivity index (χ3v) is 6.16. The van der Waals surface area contributed by atoms with E-state index in [2.05, 4.69) is 63.6 Å². The van der Waals surface area contributed by atoms with E-state index < -0.39 is 0 Å². The van der Waals surface area contributed by atoms with Gasteiger partial charge in [-0.25, -0.2) is 9.97 Å². The van der Waals surface area contributed by atoms with Gasteiger partial charge in [0, 0.05) is 11.1 Å². The lowest BCUT2D eigenvalue weighted by atomic mass is 10.0. The first-order chi connectivity index (χ1) is 14.6. The van der Waals surface area contributed by atoms with Crippen LogP contribution in [0.2, 0.25) is 10.3 Å². The number of aromatic amines is 2. The van der Waals surface area contributed by atoms with E-state index in [4.69, 9.17) is 28.2 Å². The summed E-state index contributed by atoms with van der Waals surface area (Å²) >= 11 is 12.6. The first-order valence-electron chi connectivity index (χ1n) is 9.97. The van der Waals surface area contributed by atoms with Gasteiger partial charge >= 0.3 is 0 Å². The summed E-state index contributed by atoms with van der Waals surface area (Å²) in [6, 6.07) is 16.7. The second-order valence-corrected chi connectivity index (χ2v) is 8.56. The van der Waals surface area contributed by atoms with Gasteiger partial charge in [0.2, 0.25) is 0 Å². The van der Waals surface area contributed by atoms with Gasteiger partial charge in [0.1, 0.15) is 27.5 Å². The molecule has 0 saturated carbocycles. The van der Waals surface area contributed by atoms with Gasteiger partial charge in [-0.3, -0.25) is 0 Å². The van der Waals surface area contributed by atoms with Crippen molar-refractivity contribution in [3.63, 3.8) is 0 Å². The van der Waals surface area contributed by atoms with Gasteiger partial charge in [-0.2, -0.15) is 0 Å². The summed E-state index contributed by atoms with van der Waals surface area (Å²) in [6.45, 7) is 3.26. The number of hydrogen-bond donors (Lipinski definition) is 3. The maximum atomic E-state index is 6.47. The highest BCUT2D eigenvalue weighted by molar-refractivity contribution is 6.32. The van der Waals surface area contributed by atoms with Crippen molar-refractivity contribution in [2.75, 3.05) is 6.54 Å². The van der Waals surface area contributed by atoms with Crippen molar-refractivity contribution in [3.05, 3.63) is 71.0 Å². The van der Waals surface area contributed by atoms with Crippen LogP contribution in [0, 0.1) is 5.92 Å². The summed E-state index contributed by atoms with van der Waals surface area (Å²) in [4.78, 5) is 15.2. The van der Waals surface area contributed by atoms with Crippen LogP contribution in [0.5, 0.6) is 0 Å². The summed E-state index contributed by atoms with van der Waals surface area (Å²) in [7, 11) is 0. The number of benzene rings is 2. The molecule has 0 radical (unpaired) electrons. The van der Waals surface area contributed by atoms with Crippen molar-refractivity contribution >= 4 is 23.2 Å². The fraction of sp³-hybridized carbons (Fsp3) is 0.217. The second-order valence-electron chi connectivity index (χ2n) is 7.81. The van der Waals surface area contributed by atoms with Crippen LogP contribution in [-0.4, -0.2) is 26.5 Å². The van der Waals surface area contributed by atoms with Crippen LogP contribution in [0.3, 0.4) is 0 Å². The average Bonchev–Trinajstić information content (AvgIpc) is 3.48. The molecule has 4 aromatic rings. The monoisotopic (exact) mass is 437 g/mol. The van der Waals surface area contributed by atoms with E-state index in [-0.39, 0.29) is 6.04 Å². The summed E-state index contributed by atoms with van der Waals surface area (Å²) in [5.74, 6) is 1.56. The molecule has 1 fully saturated rings. The van der Waals surface area contributed by atoms with Crippen LogP contribution >= 0.6 is 23.2 Å². The van der Waals surface area contributed by atoms with E-state index in [0.717, 1.165) is 52.4 Å². The molecule has 7 heteroatoms. The van der Waals surface area contributed by atoms with E-state index in [1.54, 1.807) is 6.33 Å². The summed E-state index contributed by atoms with van der Waals surface area (Å²) in [5, 5.41) is 4.62. The number of H-pyrrole nitrogens is 2. The molecule has 3 N–H and O–H groups in total. The summed E-state index contributed by atoms with van der Waals surface area (Å²) in [5.41, 5.74) is 5.77. The van der Waals surface area contributed by atoms with Gasteiger partial charge < -0.3 is 15.3 Å². The number of imidazole rings is 2. The van der Waals surface area contributed by atoms with E-state index >= 15 is 0 Å². The lowest BCUT2D eigenvalue weighted by molar-refractivity contribution is 0.588. The quantitative estimate of drug-likeness (QED) is 0.360. The first kappa shape index (κ1) is 19.4. The Kier molecular flexibility index (Phi) is 5.11. The lowest BCUT2D eigenvalue weighted by Crippen LogP contribution is -2.14. The van der Waals surface area contributed by atoms with E-state index in [1.165, 1.54) is 0 Å². The maximum absolute atomic E-state index is 6.47. The topological polar surface area (TPSA) is 69.4 Å². The molecular formula is C23H21Cl2N5. The van der Waals surface area contributed by atoms with Crippen LogP contribution in [-0.2, 0) is 0 Å². The molecule has 30 heavy (non-hydrogen) atoms. The number of nitrogens with zero attached hydrogens (tertiary/aromatic N) is 2. The molecule has 152 valence electrons. The van der Waals surface area contributed by atoms with Gasteiger partial charge in [-0.15, -0.1) is 0 Å². The van der Waals surface area contributed by atoms with Crippen molar-refractivity contribution in [1.82, 2.24) is 25.3 Å². The molecule has 0 amide bonds. The molecule has 2 aromatic heterocycles. The predicted molar refractivity (Wildman–Crippen MR) is 122 cm³/mol. The average molecular weight is 438 g/mol. The molecule has 5 nitrogen and oxygen atoms in total. The molecular weight excluding hydrogens is 417 g/mol. The maximum Gasteiger partial charge on any atom is 0.134 e. The summed E-state index contributed by atoms with van der Waals surface area (Å²) < 4.78 is 0. The molecule has 0 bridgehead atoms. The minimum atomic E-state index is 0.243. The van der Waals surface area contributed by atoms with Crippen molar-refractivity contribution < 1.29 is 0 Å². The lowest BCUT2D eigenvalue weighted by Gasteiger charge is -2.06. The summed E-state index contributed by atoms with van der Waals surface area (Å²) in [6.07, 6.45) is 2.67. The highest BCUT2D eigenvalue weighted by atomic mass is 35.5. The second kappa shape index (κ2) is 7.91. The Morgan fingerprint density at radius 1 is 0.833 bits per heavy atom. The molecule has 1 aliphatic rings. The standard InChI is InChI=1S/C23H21Cl2N5/c1-13-10-18(26-11-13)23-29-20(22(25)30-23)17-8-4-15(5-9-17)14-2-6-16(7-3-14)19-21(24)28-12-27-19/h2-9,12-13,18,26H,10-11H2,1H3,(H,27,28)(H,29,30). The van der Waals surface area contributed by atoms with Crippen molar-refractivity contribution in [2.24, 2.45) is 5.92 Å². The first-order valence-corrected chi connectivity index (χ1v) is 10.7. The van der Waals surface area contributed by atoms with Crippen LogP contribution < -0.4 is 5.32 Å². The molecule has 2 unspecified atom stereocenters. The zero-order valence-electron chi connectivity index (χ0n) is 16.4. The van der Waals surface area contributed by atoms with Gasteiger partial charge in [-0.05, 0) is 30.0 Å². The smallest absolute Gasteiger partial charge is 0.134 e. The van der Waals surface area contributed by atoms with Gasteiger partial charge in [0.25, 0.3) is 0 Å². The molecule has 2 atom stereocenters. The number of aromatic nitrogens is 4. The Hall–Kier alpha value is -2.60. The Bertz CT molecular complexity index is 1160. The third kappa shape index (κ3) is 3.65. The number of halogens is 2. The Morgan fingerprint density at radius 2 is 1.43 bits per heavy atom. The zero-order chi connectivity index (χ0) is 20.7. The van der Waals surface area contributed by atoms with E-state index in [0.29, 0.717) is 16.2 Å². The molecule has 1 aliphatic heterocycles. The zero-order valence-corrected chi connectivity index (χ0v) is 17.9. The van der Waals surface area contributed by atoms with Crippen molar-refractivity contribution in [2.45, 2.75) is 19.4 Å². The van der Waals surface area contributed by atoms with Crippen LogP contribution in [0.15, 0.2) is 54.9 Å².